The minimum absolute atomic E-state index is 0.145. The van der Waals surface area contributed by atoms with Crippen molar-refractivity contribution in [2.45, 2.75) is 38.6 Å². The van der Waals surface area contributed by atoms with Crippen molar-refractivity contribution < 1.29 is 4.39 Å². The van der Waals surface area contributed by atoms with E-state index < -0.39 is 0 Å². The first-order valence-corrected chi connectivity index (χ1v) is 6.57. The maximum absolute atomic E-state index is 13.1. The van der Waals surface area contributed by atoms with E-state index in [1.54, 1.807) is 12.1 Å². The smallest absolute Gasteiger partial charge is 0.123 e. The Bertz CT molecular complexity index is 509. The van der Waals surface area contributed by atoms with Crippen molar-refractivity contribution in [1.29, 1.82) is 0 Å². The van der Waals surface area contributed by atoms with E-state index in [2.05, 4.69) is 10.8 Å². The van der Waals surface area contributed by atoms with Gasteiger partial charge in [0.15, 0.2) is 0 Å². The zero-order valence-corrected chi connectivity index (χ0v) is 10.0. The summed E-state index contributed by atoms with van der Waals surface area (Å²) < 4.78 is 15.4. The van der Waals surface area contributed by atoms with Gasteiger partial charge in [0.1, 0.15) is 5.82 Å². The first-order chi connectivity index (χ1) is 8.33. The molecule has 17 heavy (non-hydrogen) atoms. The molecule has 1 nitrogen and oxygen atoms in total. The Morgan fingerprint density at radius 2 is 1.94 bits per heavy atom. The molecular weight excluding hydrogens is 213 g/mol. The number of aromatic nitrogens is 1. The molecule has 0 aliphatic heterocycles. The lowest BCUT2D eigenvalue weighted by atomic mass is 9.89. The van der Waals surface area contributed by atoms with Crippen LogP contribution in [0.2, 0.25) is 0 Å². The van der Waals surface area contributed by atoms with Gasteiger partial charge in [-0.15, -0.1) is 0 Å². The molecular formula is C15H18FN. The molecule has 0 spiro atoms. The Morgan fingerprint density at radius 1 is 1.12 bits per heavy atom. The fourth-order valence-electron chi connectivity index (χ4n) is 2.98. The van der Waals surface area contributed by atoms with E-state index in [0.29, 0.717) is 0 Å². The van der Waals surface area contributed by atoms with Gasteiger partial charge in [-0.1, -0.05) is 19.3 Å². The summed E-state index contributed by atoms with van der Waals surface area (Å²) >= 11 is 0. The highest BCUT2D eigenvalue weighted by atomic mass is 19.1. The number of fused-ring (bicyclic) bond motifs is 1. The molecule has 1 aliphatic carbocycles. The summed E-state index contributed by atoms with van der Waals surface area (Å²) in [4.78, 5) is 0. The summed E-state index contributed by atoms with van der Waals surface area (Å²) in [5.74, 6) is 0.664. The molecule has 0 saturated heterocycles. The Kier molecular flexibility index (Phi) is 2.87. The molecule has 1 heterocycles. The van der Waals surface area contributed by atoms with Crippen molar-refractivity contribution in [2.75, 3.05) is 0 Å². The molecule has 0 radical (unpaired) electrons. The van der Waals surface area contributed by atoms with Gasteiger partial charge in [0.25, 0.3) is 0 Å². The summed E-state index contributed by atoms with van der Waals surface area (Å²) in [6.07, 6.45) is 8.94. The molecule has 0 N–H and O–H groups in total. The normalized spacial score (nSPS) is 17.7. The fourth-order valence-corrected chi connectivity index (χ4v) is 2.98. The van der Waals surface area contributed by atoms with Gasteiger partial charge in [0.05, 0.1) is 0 Å². The monoisotopic (exact) mass is 231 g/mol. The molecule has 0 atom stereocenters. The summed E-state index contributed by atoms with van der Waals surface area (Å²) in [6, 6.07) is 7.08. The molecule has 90 valence electrons. The average molecular weight is 231 g/mol. The Labute approximate surface area is 101 Å². The van der Waals surface area contributed by atoms with E-state index in [0.717, 1.165) is 23.4 Å². The Balaban J connectivity index is 1.84. The molecule has 2 heteroatoms. The van der Waals surface area contributed by atoms with Gasteiger partial charge in [0, 0.05) is 23.6 Å². The third kappa shape index (κ3) is 2.21. The van der Waals surface area contributed by atoms with Crippen LogP contribution in [0.3, 0.4) is 0 Å². The number of halogens is 1. The highest BCUT2D eigenvalue weighted by molar-refractivity contribution is 5.80. The molecule has 1 saturated carbocycles. The van der Waals surface area contributed by atoms with Gasteiger partial charge in [-0.05, 0) is 43.0 Å². The van der Waals surface area contributed by atoms with Gasteiger partial charge in [-0.2, -0.15) is 0 Å². The lowest BCUT2D eigenvalue weighted by Crippen LogP contribution is -2.13. The van der Waals surface area contributed by atoms with Crippen molar-refractivity contribution in [3.05, 3.63) is 36.3 Å². The highest BCUT2D eigenvalue weighted by Gasteiger charge is 2.14. The van der Waals surface area contributed by atoms with Crippen molar-refractivity contribution in [2.24, 2.45) is 5.92 Å². The predicted octanol–water partition coefficient (Wildman–Crippen LogP) is 4.36. The molecule has 1 aromatic carbocycles. The van der Waals surface area contributed by atoms with E-state index in [-0.39, 0.29) is 5.82 Å². The molecule has 1 aromatic heterocycles. The summed E-state index contributed by atoms with van der Waals surface area (Å²) in [7, 11) is 0. The van der Waals surface area contributed by atoms with Crippen LogP contribution in [0, 0.1) is 11.7 Å². The van der Waals surface area contributed by atoms with Gasteiger partial charge in [-0.3, -0.25) is 0 Å². The van der Waals surface area contributed by atoms with E-state index in [4.69, 9.17) is 0 Å². The van der Waals surface area contributed by atoms with Gasteiger partial charge < -0.3 is 4.57 Å². The van der Waals surface area contributed by atoms with Crippen LogP contribution in [-0.2, 0) is 6.54 Å². The molecule has 3 rings (SSSR count). The zero-order valence-electron chi connectivity index (χ0n) is 10.0. The van der Waals surface area contributed by atoms with Crippen molar-refractivity contribution in [1.82, 2.24) is 4.57 Å². The molecule has 0 bridgehead atoms. The molecule has 0 unspecified atom stereocenters. The summed E-state index contributed by atoms with van der Waals surface area (Å²) in [5, 5.41) is 1.01. The summed E-state index contributed by atoms with van der Waals surface area (Å²) in [6.45, 7) is 1.09. The van der Waals surface area contributed by atoms with Crippen LogP contribution in [0.4, 0.5) is 4.39 Å². The Hall–Kier alpha value is -1.31. The van der Waals surface area contributed by atoms with Gasteiger partial charge in [0.2, 0.25) is 0 Å². The molecule has 0 amide bonds. The molecule has 1 aliphatic rings. The zero-order chi connectivity index (χ0) is 11.7. The van der Waals surface area contributed by atoms with Crippen LogP contribution >= 0.6 is 0 Å². The average Bonchev–Trinajstić information content (AvgIpc) is 2.73. The van der Waals surface area contributed by atoms with E-state index in [1.165, 1.54) is 32.1 Å². The second-order valence-electron chi connectivity index (χ2n) is 5.18. The lowest BCUT2D eigenvalue weighted by Gasteiger charge is -2.22. The van der Waals surface area contributed by atoms with Crippen LogP contribution in [0.1, 0.15) is 32.1 Å². The van der Waals surface area contributed by atoms with Crippen molar-refractivity contribution in [3.63, 3.8) is 0 Å². The van der Waals surface area contributed by atoms with Crippen molar-refractivity contribution >= 4 is 10.9 Å². The number of hydrogen-bond donors (Lipinski definition) is 0. The fraction of sp³-hybridized carbons (Fsp3) is 0.467. The third-order valence-electron chi connectivity index (χ3n) is 3.91. The maximum atomic E-state index is 13.1. The second kappa shape index (κ2) is 4.52. The minimum atomic E-state index is -0.145. The largest absolute Gasteiger partial charge is 0.347 e. The quantitative estimate of drug-likeness (QED) is 0.723. The van der Waals surface area contributed by atoms with E-state index in [9.17, 15) is 4.39 Å². The molecule has 2 aromatic rings. The number of hydrogen-bond acceptors (Lipinski definition) is 0. The van der Waals surface area contributed by atoms with Gasteiger partial charge >= 0.3 is 0 Å². The number of benzene rings is 1. The first-order valence-electron chi connectivity index (χ1n) is 6.57. The van der Waals surface area contributed by atoms with E-state index in [1.807, 2.05) is 12.1 Å². The van der Waals surface area contributed by atoms with E-state index >= 15 is 0 Å². The minimum Gasteiger partial charge on any atom is -0.347 e. The van der Waals surface area contributed by atoms with Gasteiger partial charge in [-0.25, -0.2) is 4.39 Å². The van der Waals surface area contributed by atoms with Crippen LogP contribution < -0.4 is 0 Å². The standard InChI is InChI=1S/C15H18FN/c16-14-6-7-15-13(10-14)8-9-17(15)11-12-4-2-1-3-5-12/h6-10,12H,1-5,11H2. The predicted molar refractivity (Wildman–Crippen MR) is 68.5 cm³/mol. The maximum Gasteiger partial charge on any atom is 0.123 e. The molecule has 1 fully saturated rings. The van der Waals surface area contributed by atoms with Crippen LogP contribution in [-0.4, -0.2) is 4.57 Å². The SMILES string of the molecule is Fc1ccc2c(ccn2CC2CCCCC2)c1. The number of nitrogens with zero attached hydrogens (tertiary/aromatic N) is 1. The topological polar surface area (TPSA) is 4.93 Å². The van der Waals surface area contributed by atoms with Crippen LogP contribution in [0.15, 0.2) is 30.5 Å². The number of rotatable bonds is 2. The first kappa shape index (κ1) is 10.8. The third-order valence-corrected chi connectivity index (χ3v) is 3.91. The lowest BCUT2D eigenvalue weighted by molar-refractivity contribution is 0.322. The second-order valence-corrected chi connectivity index (χ2v) is 5.18. The summed E-state index contributed by atoms with van der Waals surface area (Å²) in [5.41, 5.74) is 1.16. The van der Waals surface area contributed by atoms with Crippen molar-refractivity contribution in [3.8, 4) is 0 Å². The Morgan fingerprint density at radius 3 is 2.76 bits per heavy atom. The van der Waals surface area contributed by atoms with Crippen LogP contribution in [0.25, 0.3) is 10.9 Å². The highest BCUT2D eigenvalue weighted by Crippen LogP contribution is 2.27. The van der Waals surface area contributed by atoms with Crippen LogP contribution in [0.5, 0.6) is 0 Å².